The highest BCUT2D eigenvalue weighted by Gasteiger charge is 2.13. The first kappa shape index (κ1) is 17.1. The molecule has 0 aliphatic rings. The maximum absolute atomic E-state index is 8.86. The van der Waals surface area contributed by atoms with E-state index in [2.05, 4.69) is 19.0 Å². The predicted octanol–water partition coefficient (Wildman–Crippen LogP) is 3.38. The zero-order chi connectivity index (χ0) is 15.7. The van der Waals surface area contributed by atoms with Crippen LogP contribution < -0.4 is 15.2 Å². The summed E-state index contributed by atoms with van der Waals surface area (Å²) in [6.07, 6.45) is 4.61. The number of amidine groups is 1. The second-order valence-corrected chi connectivity index (χ2v) is 5.07. The Balaban J connectivity index is 2.84. The molecule has 118 valence electrons. The minimum atomic E-state index is 0.0364. The summed E-state index contributed by atoms with van der Waals surface area (Å²) in [5.41, 5.74) is 6.26. The maximum atomic E-state index is 8.86. The fourth-order valence-electron chi connectivity index (χ4n) is 2.12. The number of unbranched alkanes of at least 4 members (excludes halogenated alkanes) is 1. The number of oxime groups is 1. The summed E-state index contributed by atoms with van der Waals surface area (Å²) in [5.74, 6) is 1.81. The number of ether oxygens (including phenoxy) is 2. The topological polar surface area (TPSA) is 77.1 Å². The Kier molecular flexibility index (Phi) is 7.43. The first-order valence-electron chi connectivity index (χ1n) is 7.44. The van der Waals surface area contributed by atoms with Gasteiger partial charge in [0, 0.05) is 6.07 Å². The Morgan fingerprint density at radius 2 is 2.14 bits per heavy atom. The van der Waals surface area contributed by atoms with E-state index in [-0.39, 0.29) is 5.84 Å². The molecule has 1 atom stereocenters. The highest BCUT2D eigenvalue weighted by molar-refractivity contribution is 5.99. The molecular formula is C16H26N2O3. The second-order valence-electron chi connectivity index (χ2n) is 5.07. The van der Waals surface area contributed by atoms with E-state index in [1.807, 2.05) is 0 Å². The quantitative estimate of drug-likeness (QED) is 0.317. The third-order valence-corrected chi connectivity index (χ3v) is 3.59. The molecule has 0 aromatic heterocycles. The molecule has 1 aromatic rings. The maximum Gasteiger partial charge on any atom is 0.173 e. The molecule has 0 radical (unpaired) electrons. The van der Waals surface area contributed by atoms with E-state index in [1.54, 1.807) is 25.3 Å². The van der Waals surface area contributed by atoms with Gasteiger partial charge >= 0.3 is 0 Å². The van der Waals surface area contributed by atoms with Gasteiger partial charge in [0.05, 0.1) is 19.3 Å². The number of benzene rings is 1. The first-order chi connectivity index (χ1) is 10.2. The summed E-state index contributed by atoms with van der Waals surface area (Å²) in [5, 5.41) is 11.9. The number of nitrogens with zero attached hydrogens (tertiary/aromatic N) is 1. The SMILES string of the molecule is CCCCC(CC)COc1cc(OC)ccc1/C(N)=N/O. The number of hydrogen-bond acceptors (Lipinski definition) is 4. The van der Waals surface area contributed by atoms with E-state index in [1.165, 1.54) is 12.8 Å². The molecule has 0 fully saturated rings. The van der Waals surface area contributed by atoms with Crippen LogP contribution in [0, 0.1) is 5.92 Å². The summed E-state index contributed by atoms with van der Waals surface area (Å²) in [4.78, 5) is 0. The molecule has 21 heavy (non-hydrogen) atoms. The Morgan fingerprint density at radius 1 is 1.38 bits per heavy atom. The van der Waals surface area contributed by atoms with Crippen LogP contribution in [0.1, 0.15) is 45.1 Å². The van der Waals surface area contributed by atoms with Gasteiger partial charge in [-0.15, -0.1) is 0 Å². The van der Waals surface area contributed by atoms with Crippen molar-refractivity contribution in [3.05, 3.63) is 23.8 Å². The van der Waals surface area contributed by atoms with Crippen molar-refractivity contribution in [2.24, 2.45) is 16.8 Å². The fourth-order valence-corrected chi connectivity index (χ4v) is 2.12. The van der Waals surface area contributed by atoms with Gasteiger partial charge in [-0.2, -0.15) is 0 Å². The zero-order valence-corrected chi connectivity index (χ0v) is 13.1. The molecular weight excluding hydrogens is 268 g/mol. The molecule has 0 saturated carbocycles. The Labute approximate surface area is 126 Å². The van der Waals surface area contributed by atoms with Crippen molar-refractivity contribution in [1.29, 1.82) is 0 Å². The molecule has 0 aliphatic carbocycles. The largest absolute Gasteiger partial charge is 0.497 e. The smallest absolute Gasteiger partial charge is 0.173 e. The normalized spacial score (nSPS) is 13.0. The molecule has 0 saturated heterocycles. The molecule has 5 nitrogen and oxygen atoms in total. The molecule has 0 heterocycles. The highest BCUT2D eigenvalue weighted by atomic mass is 16.5. The molecule has 0 spiro atoms. The van der Waals surface area contributed by atoms with Crippen LogP contribution in [0.4, 0.5) is 0 Å². The second kappa shape index (κ2) is 9.10. The minimum absolute atomic E-state index is 0.0364. The van der Waals surface area contributed by atoms with Gasteiger partial charge in [0.2, 0.25) is 0 Å². The third kappa shape index (κ3) is 5.17. The average molecular weight is 294 g/mol. The van der Waals surface area contributed by atoms with Gasteiger partial charge in [0.15, 0.2) is 5.84 Å². The highest BCUT2D eigenvalue weighted by Crippen LogP contribution is 2.26. The van der Waals surface area contributed by atoms with Gasteiger partial charge in [-0.05, 0) is 24.5 Å². The fraction of sp³-hybridized carbons (Fsp3) is 0.562. The lowest BCUT2D eigenvalue weighted by Crippen LogP contribution is -2.17. The van der Waals surface area contributed by atoms with Gasteiger partial charge in [-0.25, -0.2) is 0 Å². The van der Waals surface area contributed by atoms with Crippen LogP contribution in [0.25, 0.3) is 0 Å². The van der Waals surface area contributed by atoms with Crippen molar-refractivity contribution in [3.8, 4) is 11.5 Å². The van der Waals surface area contributed by atoms with E-state index in [0.717, 1.165) is 12.8 Å². The van der Waals surface area contributed by atoms with Crippen molar-refractivity contribution in [2.75, 3.05) is 13.7 Å². The van der Waals surface area contributed by atoms with E-state index < -0.39 is 0 Å². The molecule has 5 heteroatoms. The summed E-state index contributed by atoms with van der Waals surface area (Å²) < 4.78 is 11.1. The Hall–Kier alpha value is -1.91. The van der Waals surface area contributed by atoms with Crippen LogP contribution in [0.3, 0.4) is 0 Å². The summed E-state index contributed by atoms with van der Waals surface area (Å²) in [6.45, 7) is 4.97. The predicted molar refractivity (Wildman–Crippen MR) is 84.3 cm³/mol. The van der Waals surface area contributed by atoms with E-state index in [9.17, 15) is 0 Å². The van der Waals surface area contributed by atoms with E-state index >= 15 is 0 Å². The van der Waals surface area contributed by atoms with Crippen molar-refractivity contribution in [3.63, 3.8) is 0 Å². The van der Waals surface area contributed by atoms with Gasteiger partial charge in [0.1, 0.15) is 11.5 Å². The third-order valence-electron chi connectivity index (χ3n) is 3.59. The molecule has 1 rings (SSSR count). The number of hydrogen-bond donors (Lipinski definition) is 2. The Morgan fingerprint density at radius 3 is 2.71 bits per heavy atom. The van der Waals surface area contributed by atoms with Crippen molar-refractivity contribution < 1.29 is 14.7 Å². The molecule has 0 amide bonds. The summed E-state index contributed by atoms with van der Waals surface area (Å²) >= 11 is 0. The lowest BCUT2D eigenvalue weighted by molar-refractivity contribution is 0.232. The molecule has 1 aromatic carbocycles. The van der Waals surface area contributed by atoms with Crippen LogP contribution in [0.15, 0.2) is 23.4 Å². The van der Waals surface area contributed by atoms with Crippen LogP contribution in [0.2, 0.25) is 0 Å². The van der Waals surface area contributed by atoms with Crippen molar-refractivity contribution >= 4 is 5.84 Å². The van der Waals surface area contributed by atoms with E-state index in [4.69, 9.17) is 20.4 Å². The molecule has 1 unspecified atom stereocenters. The standard InChI is InChI=1S/C16H26N2O3/c1-4-6-7-12(5-2)11-21-15-10-13(20-3)8-9-14(15)16(17)18-19/h8-10,12,19H,4-7,11H2,1-3H3,(H2,17,18). The van der Waals surface area contributed by atoms with Gasteiger partial charge in [-0.1, -0.05) is 38.3 Å². The number of nitrogens with two attached hydrogens (primary N) is 1. The van der Waals surface area contributed by atoms with Gasteiger partial charge < -0.3 is 20.4 Å². The van der Waals surface area contributed by atoms with Crippen LogP contribution in [0.5, 0.6) is 11.5 Å². The van der Waals surface area contributed by atoms with Crippen LogP contribution in [-0.4, -0.2) is 24.8 Å². The van der Waals surface area contributed by atoms with Crippen LogP contribution in [-0.2, 0) is 0 Å². The summed E-state index contributed by atoms with van der Waals surface area (Å²) in [7, 11) is 1.60. The molecule has 3 N–H and O–H groups in total. The summed E-state index contributed by atoms with van der Waals surface area (Å²) in [6, 6.07) is 5.25. The average Bonchev–Trinajstić information content (AvgIpc) is 2.54. The lowest BCUT2D eigenvalue weighted by atomic mass is 10.0. The number of rotatable bonds is 9. The van der Waals surface area contributed by atoms with Gasteiger partial charge in [-0.3, -0.25) is 0 Å². The van der Waals surface area contributed by atoms with Crippen molar-refractivity contribution in [2.45, 2.75) is 39.5 Å². The first-order valence-corrected chi connectivity index (χ1v) is 7.44. The molecule has 0 bridgehead atoms. The Bertz CT molecular complexity index is 461. The minimum Gasteiger partial charge on any atom is -0.497 e. The monoisotopic (exact) mass is 294 g/mol. The number of methoxy groups -OCH3 is 1. The van der Waals surface area contributed by atoms with Crippen LogP contribution >= 0.6 is 0 Å². The van der Waals surface area contributed by atoms with Crippen molar-refractivity contribution in [1.82, 2.24) is 0 Å². The van der Waals surface area contributed by atoms with E-state index in [0.29, 0.717) is 29.6 Å². The lowest BCUT2D eigenvalue weighted by Gasteiger charge is -2.17. The molecule has 0 aliphatic heterocycles. The van der Waals surface area contributed by atoms with Gasteiger partial charge in [0.25, 0.3) is 0 Å². The zero-order valence-electron chi connectivity index (χ0n) is 13.1.